The molecular weight excluding hydrogens is 292 g/mol. The Morgan fingerprint density at radius 3 is 1.74 bits per heavy atom. The highest BCUT2D eigenvalue weighted by molar-refractivity contribution is 5.71. The second-order valence-corrected chi connectivity index (χ2v) is 6.18. The summed E-state index contributed by atoms with van der Waals surface area (Å²) in [6, 6.07) is 0. The van der Waals surface area contributed by atoms with Crippen molar-refractivity contribution in [2.24, 2.45) is 5.92 Å². The summed E-state index contributed by atoms with van der Waals surface area (Å²) in [5, 5.41) is 0. The molecule has 0 radical (unpaired) electrons. The highest BCUT2D eigenvalue weighted by Gasteiger charge is 2.12. The van der Waals surface area contributed by atoms with Crippen LogP contribution in [0.2, 0.25) is 0 Å². The van der Waals surface area contributed by atoms with Gasteiger partial charge in [0.1, 0.15) is 0 Å². The van der Waals surface area contributed by atoms with Crippen LogP contribution in [0.4, 0.5) is 0 Å². The topological polar surface area (TPSA) is 52.6 Å². The molecule has 1 unspecified atom stereocenters. The van der Waals surface area contributed by atoms with Gasteiger partial charge in [0.15, 0.2) is 0 Å². The van der Waals surface area contributed by atoms with Gasteiger partial charge in [0.05, 0.1) is 19.1 Å². The van der Waals surface area contributed by atoms with Crippen LogP contribution in [0.1, 0.15) is 91.4 Å². The van der Waals surface area contributed by atoms with Gasteiger partial charge < -0.3 is 9.47 Å². The summed E-state index contributed by atoms with van der Waals surface area (Å²) in [6.45, 7) is 6.60. The van der Waals surface area contributed by atoms with Gasteiger partial charge >= 0.3 is 11.9 Å². The molecule has 1 atom stereocenters. The predicted octanol–water partition coefficient (Wildman–Crippen LogP) is 5.04. The molecule has 0 N–H and O–H groups in total. The van der Waals surface area contributed by atoms with Gasteiger partial charge in [-0.3, -0.25) is 9.59 Å². The highest BCUT2D eigenvalue weighted by Crippen LogP contribution is 2.14. The van der Waals surface area contributed by atoms with Crippen molar-refractivity contribution >= 4 is 11.9 Å². The summed E-state index contributed by atoms with van der Waals surface area (Å²) in [6.07, 6.45) is 12.1. The maximum absolute atomic E-state index is 11.5. The highest BCUT2D eigenvalue weighted by atomic mass is 16.5. The van der Waals surface area contributed by atoms with E-state index in [0.717, 1.165) is 25.7 Å². The summed E-state index contributed by atoms with van der Waals surface area (Å²) < 4.78 is 9.91. The Kier molecular flexibility index (Phi) is 15.1. The minimum atomic E-state index is -0.0652. The summed E-state index contributed by atoms with van der Waals surface area (Å²) in [4.78, 5) is 22.6. The van der Waals surface area contributed by atoms with Gasteiger partial charge in [-0.25, -0.2) is 0 Å². The van der Waals surface area contributed by atoms with E-state index in [4.69, 9.17) is 9.47 Å². The van der Waals surface area contributed by atoms with Crippen LogP contribution in [0.15, 0.2) is 0 Å². The average Bonchev–Trinajstić information content (AvgIpc) is 2.52. The monoisotopic (exact) mass is 328 g/mol. The molecule has 0 heterocycles. The normalized spacial score (nSPS) is 12.0. The van der Waals surface area contributed by atoms with Crippen LogP contribution in [0.5, 0.6) is 0 Å². The third-order valence-electron chi connectivity index (χ3n) is 4.01. The molecular formula is C19H36O4. The molecule has 0 bridgehead atoms. The van der Waals surface area contributed by atoms with Crippen molar-refractivity contribution in [3.8, 4) is 0 Å². The largest absolute Gasteiger partial charge is 0.466 e. The van der Waals surface area contributed by atoms with Gasteiger partial charge in [0.2, 0.25) is 0 Å². The molecule has 4 nitrogen and oxygen atoms in total. The minimum absolute atomic E-state index is 0.0364. The molecule has 0 aromatic rings. The molecule has 4 heteroatoms. The minimum Gasteiger partial charge on any atom is -0.466 e. The molecule has 0 fully saturated rings. The Labute approximate surface area is 142 Å². The molecule has 136 valence electrons. The second kappa shape index (κ2) is 15.8. The first-order valence-corrected chi connectivity index (χ1v) is 9.44. The third-order valence-corrected chi connectivity index (χ3v) is 4.01. The zero-order valence-electron chi connectivity index (χ0n) is 15.4. The van der Waals surface area contributed by atoms with Crippen molar-refractivity contribution in [1.82, 2.24) is 0 Å². The van der Waals surface area contributed by atoms with E-state index < -0.39 is 0 Å². The first kappa shape index (κ1) is 21.9. The molecule has 0 aromatic heterocycles. The number of hydrogen-bond donors (Lipinski definition) is 0. The Hall–Kier alpha value is -1.06. The van der Waals surface area contributed by atoms with E-state index >= 15 is 0 Å². The zero-order chi connectivity index (χ0) is 17.3. The molecule has 0 aliphatic carbocycles. The van der Waals surface area contributed by atoms with Crippen LogP contribution >= 0.6 is 0 Å². The van der Waals surface area contributed by atoms with Gasteiger partial charge in [-0.05, 0) is 26.7 Å². The first-order chi connectivity index (χ1) is 11.1. The summed E-state index contributed by atoms with van der Waals surface area (Å²) in [5.74, 6) is -0.0887. The van der Waals surface area contributed by atoms with Gasteiger partial charge in [-0.1, -0.05) is 58.3 Å². The Bertz CT molecular complexity index is 302. The van der Waals surface area contributed by atoms with Crippen LogP contribution < -0.4 is 0 Å². The summed E-state index contributed by atoms with van der Waals surface area (Å²) >= 11 is 0. The fourth-order valence-electron chi connectivity index (χ4n) is 2.59. The van der Waals surface area contributed by atoms with Crippen molar-refractivity contribution < 1.29 is 19.1 Å². The molecule has 0 spiro atoms. The van der Waals surface area contributed by atoms with Crippen molar-refractivity contribution in [1.29, 1.82) is 0 Å². The van der Waals surface area contributed by atoms with Crippen LogP contribution in [0, 0.1) is 5.92 Å². The fraction of sp³-hybridized carbons (Fsp3) is 0.895. The second-order valence-electron chi connectivity index (χ2n) is 6.18. The van der Waals surface area contributed by atoms with E-state index in [2.05, 4.69) is 0 Å². The quantitative estimate of drug-likeness (QED) is 0.312. The smallest absolute Gasteiger partial charge is 0.308 e. The number of rotatable bonds is 15. The van der Waals surface area contributed by atoms with E-state index in [0.29, 0.717) is 19.6 Å². The molecule has 23 heavy (non-hydrogen) atoms. The van der Waals surface area contributed by atoms with Crippen molar-refractivity contribution in [3.05, 3.63) is 0 Å². The van der Waals surface area contributed by atoms with E-state index in [9.17, 15) is 9.59 Å². The van der Waals surface area contributed by atoms with Crippen molar-refractivity contribution in [2.75, 3.05) is 13.2 Å². The molecule has 0 rings (SSSR count). The van der Waals surface area contributed by atoms with Gasteiger partial charge in [-0.2, -0.15) is 0 Å². The summed E-state index contributed by atoms with van der Waals surface area (Å²) in [5.41, 5.74) is 0. The lowest BCUT2D eigenvalue weighted by Crippen LogP contribution is -2.14. The number of ether oxygens (including phenoxy) is 2. The fourth-order valence-corrected chi connectivity index (χ4v) is 2.59. The molecule has 0 amide bonds. The van der Waals surface area contributed by atoms with Crippen LogP contribution in [0.3, 0.4) is 0 Å². The maximum atomic E-state index is 11.5. The van der Waals surface area contributed by atoms with Gasteiger partial charge in [0.25, 0.3) is 0 Å². The zero-order valence-corrected chi connectivity index (χ0v) is 15.4. The average molecular weight is 328 g/mol. The van der Waals surface area contributed by atoms with Crippen molar-refractivity contribution in [3.63, 3.8) is 0 Å². The number of unbranched alkanes of at least 4 members (excludes halogenated alkanes) is 8. The molecule has 0 aliphatic rings. The number of hydrogen-bond acceptors (Lipinski definition) is 4. The molecule has 0 saturated carbocycles. The van der Waals surface area contributed by atoms with Crippen LogP contribution in [0.25, 0.3) is 0 Å². The SMILES string of the molecule is CCOC(=O)CCCCCCCCCCCC(C)C(=O)OCC. The summed E-state index contributed by atoms with van der Waals surface area (Å²) in [7, 11) is 0. The number of carbonyl (C=O) groups is 2. The van der Waals surface area contributed by atoms with E-state index in [1.54, 1.807) is 0 Å². The van der Waals surface area contributed by atoms with E-state index in [-0.39, 0.29) is 17.9 Å². The van der Waals surface area contributed by atoms with E-state index in [1.807, 2.05) is 20.8 Å². The van der Waals surface area contributed by atoms with Crippen molar-refractivity contribution in [2.45, 2.75) is 91.4 Å². The van der Waals surface area contributed by atoms with Crippen LogP contribution in [-0.2, 0) is 19.1 Å². The lowest BCUT2D eigenvalue weighted by molar-refractivity contribution is -0.147. The standard InChI is InChI=1S/C19H36O4/c1-4-22-18(20)16-14-12-10-8-6-7-9-11-13-15-17(3)19(21)23-5-2/h17H,4-16H2,1-3H3. The van der Waals surface area contributed by atoms with Crippen LogP contribution in [-0.4, -0.2) is 25.2 Å². The first-order valence-electron chi connectivity index (χ1n) is 9.44. The lowest BCUT2D eigenvalue weighted by Gasteiger charge is -2.09. The molecule has 0 aromatic carbocycles. The predicted molar refractivity (Wildman–Crippen MR) is 93.2 cm³/mol. The molecule has 0 aliphatic heterocycles. The third kappa shape index (κ3) is 14.3. The number of esters is 2. The lowest BCUT2D eigenvalue weighted by atomic mass is 10.0. The Morgan fingerprint density at radius 1 is 0.739 bits per heavy atom. The van der Waals surface area contributed by atoms with Gasteiger partial charge in [-0.15, -0.1) is 0 Å². The van der Waals surface area contributed by atoms with Gasteiger partial charge in [0, 0.05) is 6.42 Å². The maximum Gasteiger partial charge on any atom is 0.308 e. The van der Waals surface area contributed by atoms with E-state index in [1.165, 1.54) is 38.5 Å². The Morgan fingerprint density at radius 2 is 1.22 bits per heavy atom. The Balaban J connectivity index is 3.25. The number of carbonyl (C=O) groups excluding carboxylic acids is 2. The molecule has 0 saturated heterocycles.